The Morgan fingerprint density at radius 3 is 2.75 bits per heavy atom. The second kappa shape index (κ2) is 4.41. The molecule has 1 aliphatic heterocycles. The summed E-state index contributed by atoms with van der Waals surface area (Å²) < 4.78 is 14.3. The average Bonchev–Trinajstić information content (AvgIpc) is 3.08. The van der Waals surface area contributed by atoms with E-state index in [1.54, 1.807) is 12.1 Å². The van der Waals surface area contributed by atoms with Gasteiger partial charge in [-0.05, 0) is 12.1 Å². The highest BCUT2D eigenvalue weighted by atomic mass is 16.5. The van der Waals surface area contributed by atoms with Gasteiger partial charge in [0.1, 0.15) is 5.52 Å². The van der Waals surface area contributed by atoms with Crippen LogP contribution in [0.1, 0.15) is 22.2 Å². The molecular weight excluding hydrogens is 266 g/mol. The first-order valence-corrected chi connectivity index (χ1v) is 5.66. The van der Waals surface area contributed by atoms with Gasteiger partial charge in [-0.3, -0.25) is 0 Å². The van der Waals surface area contributed by atoms with Crippen LogP contribution in [-0.4, -0.2) is 31.3 Å². The molecule has 1 aromatic heterocycles. The van der Waals surface area contributed by atoms with E-state index in [9.17, 15) is 9.59 Å². The molecule has 0 radical (unpaired) electrons. The number of fused-ring (bicyclic) bond motifs is 3. The molecule has 102 valence electrons. The number of hydrogen-bond acceptors (Lipinski definition) is 8. The summed E-state index contributed by atoms with van der Waals surface area (Å²) in [5.41, 5.74) is 1.31. The van der Waals surface area contributed by atoms with Gasteiger partial charge in [-0.25, -0.2) is 9.59 Å². The summed E-state index contributed by atoms with van der Waals surface area (Å²) in [6, 6.07) is 2.36. The molecule has 0 aliphatic carbocycles. The van der Waals surface area contributed by atoms with Gasteiger partial charge in [0.15, 0.2) is 6.04 Å². The number of azo groups is 1. The number of aromatic nitrogens is 1. The molecule has 2 heterocycles. The Morgan fingerprint density at radius 2 is 2.05 bits per heavy atom. The van der Waals surface area contributed by atoms with Gasteiger partial charge < -0.3 is 14.0 Å². The maximum atomic E-state index is 11.7. The molecule has 1 aliphatic rings. The van der Waals surface area contributed by atoms with Crippen molar-refractivity contribution >= 4 is 28.5 Å². The number of benzene rings is 1. The maximum absolute atomic E-state index is 11.7. The molecule has 0 bridgehead atoms. The highest BCUT2D eigenvalue weighted by Crippen LogP contribution is 2.41. The average molecular weight is 275 g/mol. The van der Waals surface area contributed by atoms with E-state index in [-0.39, 0.29) is 5.76 Å². The highest BCUT2D eigenvalue weighted by molar-refractivity contribution is 6.04. The van der Waals surface area contributed by atoms with Gasteiger partial charge in [0.05, 0.1) is 25.3 Å². The van der Waals surface area contributed by atoms with Crippen LogP contribution in [0.2, 0.25) is 0 Å². The number of carbonyl (C=O) groups excluding carboxylic acids is 2. The third kappa shape index (κ3) is 1.58. The van der Waals surface area contributed by atoms with Crippen molar-refractivity contribution in [2.75, 3.05) is 14.2 Å². The lowest BCUT2D eigenvalue weighted by Gasteiger charge is -2.05. The lowest BCUT2D eigenvalue weighted by molar-refractivity contribution is -0.142. The van der Waals surface area contributed by atoms with Crippen LogP contribution in [0.3, 0.4) is 0 Å². The lowest BCUT2D eigenvalue weighted by atomic mass is 10.0. The van der Waals surface area contributed by atoms with E-state index in [4.69, 9.17) is 4.52 Å². The third-order valence-electron chi connectivity index (χ3n) is 3.02. The van der Waals surface area contributed by atoms with E-state index < -0.39 is 18.0 Å². The Labute approximate surface area is 112 Å². The van der Waals surface area contributed by atoms with E-state index in [2.05, 4.69) is 24.9 Å². The summed E-state index contributed by atoms with van der Waals surface area (Å²) >= 11 is 0. The van der Waals surface area contributed by atoms with E-state index in [1.165, 1.54) is 14.2 Å². The van der Waals surface area contributed by atoms with Crippen LogP contribution in [0.25, 0.3) is 10.9 Å². The molecule has 3 rings (SSSR count). The lowest BCUT2D eigenvalue weighted by Crippen LogP contribution is -2.10. The Morgan fingerprint density at radius 1 is 1.25 bits per heavy atom. The molecule has 0 N–H and O–H groups in total. The summed E-state index contributed by atoms with van der Waals surface area (Å²) in [6.07, 6.45) is 0. The van der Waals surface area contributed by atoms with Gasteiger partial charge in [0, 0.05) is 5.56 Å². The summed E-state index contributed by atoms with van der Waals surface area (Å²) in [7, 11) is 2.50. The van der Waals surface area contributed by atoms with Crippen LogP contribution >= 0.6 is 0 Å². The molecular formula is C12H9N3O5. The van der Waals surface area contributed by atoms with Gasteiger partial charge in [0.25, 0.3) is 5.76 Å². The van der Waals surface area contributed by atoms with Crippen molar-refractivity contribution in [3.8, 4) is 0 Å². The molecule has 0 amide bonds. The Balaban J connectivity index is 2.21. The topological polar surface area (TPSA) is 103 Å². The molecule has 0 fully saturated rings. The van der Waals surface area contributed by atoms with Gasteiger partial charge in [-0.2, -0.15) is 10.2 Å². The Kier molecular flexibility index (Phi) is 2.70. The molecule has 8 heteroatoms. The number of carbonyl (C=O) groups is 2. The smallest absolute Gasteiger partial charge is 0.377 e. The third-order valence-corrected chi connectivity index (χ3v) is 3.02. The van der Waals surface area contributed by atoms with Crippen LogP contribution in [-0.2, 0) is 14.3 Å². The molecule has 0 saturated carbocycles. The van der Waals surface area contributed by atoms with E-state index in [1.807, 2.05) is 0 Å². The van der Waals surface area contributed by atoms with Crippen LogP contribution < -0.4 is 0 Å². The van der Waals surface area contributed by atoms with Crippen molar-refractivity contribution in [2.24, 2.45) is 10.2 Å². The first-order valence-electron chi connectivity index (χ1n) is 5.66. The first kappa shape index (κ1) is 12.3. The molecule has 0 saturated heterocycles. The van der Waals surface area contributed by atoms with Crippen molar-refractivity contribution < 1.29 is 23.6 Å². The van der Waals surface area contributed by atoms with Gasteiger partial charge in [-0.15, -0.1) is 0 Å². The predicted octanol–water partition coefficient (Wildman–Crippen LogP) is 1.93. The summed E-state index contributed by atoms with van der Waals surface area (Å²) in [5, 5.41) is 12.0. The van der Waals surface area contributed by atoms with Crippen molar-refractivity contribution in [3.05, 3.63) is 23.5 Å². The van der Waals surface area contributed by atoms with Crippen molar-refractivity contribution in [1.82, 2.24) is 5.16 Å². The van der Waals surface area contributed by atoms with Crippen molar-refractivity contribution in [2.45, 2.75) is 6.04 Å². The number of rotatable bonds is 2. The van der Waals surface area contributed by atoms with Gasteiger partial charge in [0.2, 0.25) is 0 Å². The first-order chi connectivity index (χ1) is 9.67. The maximum Gasteiger partial charge on any atom is 0.377 e. The number of methoxy groups -OCH3 is 2. The molecule has 20 heavy (non-hydrogen) atoms. The quantitative estimate of drug-likeness (QED) is 0.775. The highest BCUT2D eigenvalue weighted by Gasteiger charge is 2.33. The number of ether oxygens (including phenoxy) is 2. The molecule has 1 unspecified atom stereocenters. The molecule has 8 nitrogen and oxygen atoms in total. The van der Waals surface area contributed by atoms with Crippen LogP contribution in [0, 0.1) is 0 Å². The van der Waals surface area contributed by atoms with Gasteiger partial charge in [-0.1, -0.05) is 5.16 Å². The van der Waals surface area contributed by atoms with Crippen LogP contribution in [0.5, 0.6) is 0 Å². The number of nitrogens with zero attached hydrogens (tertiary/aromatic N) is 3. The second-order valence-corrected chi connectivity index (χ2v) is 4.04. The zero-order valence-corrected chi connectivity index (χ0v) is 10.6. The Bertz CT molecular complexity index is 749. The van der Waals surface area contributed by atoms with Crippen molar-refractivity contribution in [3.63, 3.8) is 0 Å². The fourth-order valence-corrected chi connectivity index (χ4v) is 2.07. The minimum Gasteiger partial charge on any atom is -0.467 e. The standard InChI is InChI=1S/C12H9N3O5/c1-18-11(16)9-7-6(13-14-9)4-3-5-8(7)15-20-10(5)12(17)19-2/h3-4,9H,1-2H3. The minimum atomic E-state index is -0.894. The SMILES string of the molecule is COC(=O)c1onc2c3c(ccc12)N=NC3C(=O)OC. The van der Waals surface area contributed by atoms with E-state index in [0.29, 0.717) is 22.2 Å². The minimum absolute atomic E-state index is 0.0270. The van der Waals surface area contributed by atoms with E-state index in [0.717, 1.165) is 0 Å². The van der Waals surface area contributed by atoms with Crippen LogP contribution in [0.15, 0.2) is 26.9 Å². The molecule has 2 aromatic rings. The summed E-state index contributed by atoms with van der Waals surface area (Å²) in [4.78, 5) is 23.3. The fourth-order valence-electron chi connectivity index (χ4n) is 2.07. The largest absolute Gasteiger partial charge is 0.467 e. The second-order valence-electron chi connectivity index (χ2n) is 4.04. The Hall–Kier alpha value is -2.77. The summed E-state index contributed by atoms with van der Waals surface area (Å²) in [6.45, 7) is 0. The zero-order valence-electron chi connectivity index (χ0n) is 10.6. The number of esters is 2. The zero-order chi connectivity index (χ0) is 14.3. The predicted molar refractivity (Wildman–Crippen MR) is 64.6 cm³/mol. The number of hydrogen-bond donors (Lipinski definition) is 0. The summed E-state index contributed by atoms with van der Waals surface area (Å²) in [5.74, 6) is -1.22. The molecule has 1 aromatic carbocycles. The van der Waals surface area contributed by atoms with E-state index >= 15 is 0 Å². The normalized spacial score (nSPS) is 16.2. The molecule has 0 spiro atoms. The van der Waals surface area contributed by atoms with Gasteiger partial charge >= 0.3 is 11.9 Å². The monoisotopic (exact) mass is 275 g/mol. The van der Waals surface area contributed by atoms with Crippen LogP contribution in [0.4, 0.5) is 5.69 Å². The van der Waals surface area contributed by atoms with Crippen molar-refractivity contribution in [1.29, 1.82) is 0 Å². The molecule has 1 atom stereocenters. The fraction of sp³-hybridized carbons (Fsp3) is 0.250.